The van der Waals surface area contributed by atoms with E-state index in [2.05, 4.69) is 35.2 Å². The van der Waals surface area contributed by atoms with E-state index in [1.54, 1.807) is 0 Å². The van der Waals surface area contributed by atoms with Crippen molar-refractivity contribution in [2.75, 3.05) is 13.1 Å². The standard InChI is InChI=1S/C19H23N5O2S/c1-11-4-3-5-14(10-11)15(23-8-6-13(7-9-23)17(20)25)16-18(26)24-19(27-16)21-12(2)22-24/h3-5,10,13,15,26H,6-9H2,1-2H3,(H2,20,25)/p+1/t15-/m0/s1. The number of likely N-dealkylation sites (tertiary alicyclic amines) is 1. The van der Waals surface area contributed by atoms with Gasteiger partial charge in [0.2, 0.25) is 16.7 Å². The predicted octanol–water partition coefficient (Wildman–Crippen LogP) is 0.983. The Morgan fingerprint density at radius 1 is 1.37 bits per heavy atom. The minimum Gasteiger partial charge on any atom is -0.492 e. The molecule has 0 spiro atoms. The SMILES string of the molecule is Cc1cccc([C@@H](c2sc3nc(C)nn3c2O)[NH+]2CCC(C(N)=O)CC2)c1. The second kappa shape index (κ2) is 6.94. The lowest BCUT2D eigenvalue weighted by Gasteiger charge is -2.33. The monoisotopic (exact) mass is 386 g/mol. The summed E-state index contributed by atoms with van der Waals surface area (Å²) < 4.78 is 1.52. The summed E-state index contributed by atoms with van der Waals surface area (Å²) in [4.78, 5) is 18.8. The van der Waals surface area contributed by atoms with Gasteiger partial charge in [-0.05, 0) is 19.9 Å². The minimum absolute atomic E-state index is 0.0208. The first kappa shape index (κ1) is 17.9. The van der Waals surface area contributed by atoms with E-state index in [-0.39, 0.29) is 23.7 Å². The Morgan fingerprint density at radius 3 is 2.74 bits per heavy atom. The van der Waals surface area contributed by atoms with Crippen molar-refractivity contribution >= 4 is 22.2 Å². The first-order valence-corrected chi connectivity index (χ1v) is 10.0. The largest absolute Gasteiger partial charge is 0.492 e. The molecule has 1 aliphatic rings. The van der Waals surface area contributed by atoms with Crippen molar-refractivity contribution in [2.45, 2.75) is 32.7 Å². The van der Waals surface area contributed by atoms with Crippen LogP contribution >= 0.6 is 11.3 Å². The molecule has 1 fully saturated rings. The zero-order chi connectivity index (χ0) is 19.1. The number of hydrogen-bond acceptors (Lipinski definition) is 5. The number of carbonyl (C=O) groups is 1. The van der Waals surface area contributed by atoms with E-state index >= 15 is 0 Å². The van der Waals surface area contributed by atoms with Crippen molar-refractivity contribution in [3.63, 3.8) is 0 Å². The lowest BCUT2D eigenvalue weighted by Crippen LogP contribution is -3.13. The Morgan fingerprint density at radius 2 is 2.11 bits per heavy atom. The number of aryl methyl sites for hydroxylation is 2. The van der Waals surface area contributed by atoms with Gasteiger partial charge in [-0.15, -0.1) is 5.10 Å². The molecular weight excluding hydrogens is 362 g/mol. The molecule has 1 aromatic carbocycles. The summed E-state index contributed by atoms with van der Waals surface area (Å²) >= 11 is 1.48. The smallest absolute Gasteiger partial charge is 0.235 e. The number of fused-ring (bicyclic) bond motifs is 1. The third kappa shape index (κ3) is 3.30. The number of amides is 1. The number of nitrogens with one attached hydrogen (secondary N) is 1. The molecule has 3 heterocycles. The fourth-order valence-corrected chi connectivity index (χ4v) is 5.21. The molecule has 1 saturated heterocycles. The molecule has 0 radical (unpaired) electrons. The number of thiazole rings is 1. The maximum Gasteiger partial charge on any atom is 0.235 e. The van der Waals surface area contributed by atoms with Crippen LogP contribution in [-0.4, -0.2) is 38.7 Å². The van der Waals surface area contributed by atoms with Crippen molar-refractivity contribution in [3.05, 3.63) is 46.1 Å². The summed E-state index contributed by atoms with van der Waals surface area (Å²) in [5.41, 5.74) is 7.83. The van der Waals surface area contributed by atoms with Gasteiger partial charge in [0.15, 0.2) is 6.04 Å². The van der Waals surface area contributed by atoms with Crippen LogP contribution in [0.1, 0.15) is 40.7 Å². The number of quaternary nitrogens is 1. The molecule has 8 heteroatoms. The van der Waals surface area contributed by atoms with Gasteiger partial charge in [0, 0.05) is 24.3 Å². The molecule has 0 aliphatic carbocycles. The lowest BCUT2D eigenvalue weighted by molar-refractivity contribution is -0.930. The fourth-order valence-electron chi connectivity index (χ4n) is 4.02. The first-order chi connectivity index (χ1) is 12.9. The molecule has 1 atom stereocenters. The predicted molar refractivity (Wildman–Crippen MR) is 103 cm³/mol. The molecule has 4 rings (SSSR count). The minimum atomic E-state index is -0.210. The molecular formula is C19H24N5O2S+. The van der Waals surface area contributed by atoms with Crippen molar-refractivity contribution in [1.82, 2.24) is 14.6 Å². The summed E-state index contributed by atoms with van der Waals surface area (Å²) in [6.07, 6.45) is 1.54. The summed E-state index contributed by atoms with van der Waals surface area (Å²) in [6.45, 7) is 5.55. The number of rotatable bonds is 4. The van der Waals surface area contributed by atoms with Crippen molar-refractivity contribution in [2.24, 2.45) is 11.7 Å². The second-order valence-corrected chi connectivity index (χ2v) is 8.33. The quantitative estimate of drug-likeness (QED) is 0.623. The van der Waals surface area contributed by atoms with Gasteiger partial charge in [0.25, 0.3) is 0 Å². The highest BCUT2D eigenvalue weighted by molar-refractivity contribution is 7.17. The Balaban J connectivity index is 1.75. The third-order valence-electron chi connectivity index (χ3n) is 5.38. The fraction of sp³-hybridized carbons (Fsp3) is 0.421. The van der Waals surface area contributed by atoms with E-state index in [0.717, 1.165) is 36.4 Å². The van der Waals surface area contributed by atoms with Crippen molar-refractivity contribution in [3.8, 4) is 5.88 Å². The number of carbonyl (C=O) groups excluding carboxylic acids is 1. The van der Waals surface area contributed by atoms with Gasteiger partial charge in [-0.2, -0.15) is 4.52 Å². The number of primary amides is 1. The molecule has 0 saturated carbocycles. The molecule has 1 amide bonds. The number of benzene rings is 1. The van der Waals surface area contributed by atoms with Crippen LogP contribution in [0.25, 0.3) is 4.96 Å². The molecule has 142 valence electrons. The van der Waals surface area contributed by atoms with Crippen LogP contribution in [0.2, 0.25) is 0 Å². The Bertz CT molecular complexity index is 987. The van der Waals surface area contributed by atoms with E-state index in [9.17, 15) is 9.90 Å². The van der Waals surface area contributed by atoms with Gasteiger partial charge in [-0.3, -0.25) is 4.79 Å². The summed E-state index contributed by atoms with van der Waals surface area (Å²) in [6, 6.07) is 8.36. The molecule has 0 unspecified atom stereocenters. The number of piperidine rings is 1. The summed E-state index contributed by atoms with van der Waals surface area (Å²) in [5.74, 6) is 0.542. The highest BCUT2D eigenvalue weighted by Gasteiger charge is 2.36. The Labute approximate surface area is 161 Å². The van der Waals surface area contributed by atoms with Gasteiger partial charge in [-0.25, -0.2) is 4.98 Å². The van der Waals surface area contributed by atoms with E-state index in [4.69, 9.17) is 5.73 Å². The summed E-state index contributed by atoms with van der Waals surface area (Å²) in [5, 5.41) is 15.2. The molecule has 27 heavy (non-hydrogen) atoms. The van der Waals surface area contributed by atoms with Gasteiger partial charge in [0.05, 0.1) is 13.1 Å². The number of nitrogens with two attached hydrogens (primary N) is 1. The highest BCUT2D eigenvalue weighted by atomic mass is 32.1. The van der Waals surface area contributed by atoms with E-state index in [1.165, 1.54) is 26.3 Å². The average Bonchev–Trinajstić information content (AvgIpc) is 3.14. The van der Waals surface area contributed by atoms with Crippen LogP contribution < -0.4 is 10.6 Å². The molecule has 3 aromatic rings. The first-order valence-electron chi connectivity index (χ1n) is 9.19. The number of aromatic hydroxyl groups is 1. The number of aromatic nitrogens is 3. The molecule has 2 aromatic heterocycles. The van der Waals surface area contributed by atoms with E-state index < -0.39 is 0 Å². The van der Waals surface area contributed by atoms with Crippen LogP contribution in [0.4, 0.5) is 0 Å². The highest BCUT2D eigenvalue weighted by Crippen LogP contribution is 2.35. The van der Waals surface area contributed by atoms with Crippen LogP contribution in [0.3, 0.4) is 0 Å². The molecule has 4 N–H and O–H groups in total. The van der Waals surface area contributed by atoms with Gasteiger partial charge < -0.3 is 15.7 Å². The maximum absolute atomic E-state index is 11.5. The van der Waals surface area contributed by atoms with Gasteiger partial charge in [-0.1, -0.05) is 35.1 Å². The van der Waals surface area contributed by atoms with Crippen LogP contribution in [0.5, 0.6) is 5.88 Å². The zero-order valence-electron chi connectivity index (χ0n) is 15.5. The number of nitrogens with zero attached hydrogens (tertiary/aromatic N) is 3. The zero-order valence-corrected chi connectivity index (χ0v) is 16.3. The van der Waals surface area contributed by atoms with Crippen molar-refractivity contribution < 1.29 is 14.8 Å². The van der Waals surface area contributed by atoms with Gasteiger partial charge in [0.1, 0.15) is 10.7 Å². The van der Waals surface area contributed by atoms with Gasteiger partial charge >= 0.3 is 0 Å². The number of hydrogen-bond donors (Lipinski definition) is 3. The summed E-state index contributed by atoms with van der Waals surface area (Å²) in [7, 11) is 0. The average molecular weight is 387 g/mol. The Hall–Kier alpha value is -2.45. The maximum atomic E-state index is 11.5. The lowest BCUT2D eigenvalue weighted by atomic mass is 9.93. The third-order valence-corrected chi connectivity index (χ3v) is 6.47. The Kier molecular flexibility index (Phi) is 4.61. The molecule has 1 aliphatic heterocycles. The normalized spacial score (nSPS) is 21.4. The van der Waals surface area contributed by atoms with Crippen LogP contribution in [-0.2, 0) is 4.79 Å². The molecule has 0 bridgehead atoms. The van der Waals surface area contributed by atoms with Crippen LogP contribution in [0.15, 0.2) is 24.3 Å². The second-order valence-electron chi connectivity index (χ2n) is 7.33. The van der Waals surface area contributed by atoms with E-state index in [1.807, 2.05) is 13.0 Å². The van der Waals surface area contributed by atoms with E-state index in [0.29, 0.717) is 10.8 Å². The molecule has 7 nitrogen and oxygen atoms in total. The topological polar surface area (TPSA) is 97.9 Å². The van der Waals surface area contributed by atoms with Crippen LogP contribution in [0, 0.1) is 19.8 Å². The van der Waals surface area contributed by atoms with Crippen molar-refractivity contribution in [1.29, 1.82) is 0 Å².